The number of carbonyl (C=O) groups excluding carboxylic acids is 1. The number of Topliss-reactive ketones (excluding diaryl/α,β-unsaturated/α-hetero) is 1. The van der Waals surface area contributed by atoms with Crippen molar-refractivity contribution in [2.75, 3.05) is 31.2 Å². The van der Waals surface area contributed by atoms with E-state index in [9.17, 15) is 4.79 Å². The number of rotatable bonds is 5. The highest BCUT2D eigenvalue weighted by atomic mass is 32.1. The molecule has 2 aliphatic heterocycles. The van der Waals surface area contributed by atoms with E-state index in [0.717, 1.165) is 48.6 Å². The highest BCUT2D eigenvalue weighted by molar-refractivity contribution is 7.22. The average molecular weight is 453 g/mol. The Balaban J connectivity index is 1.28. The van der Waals surface area contributed by atoms with Gasteiger partial charge in [0, 0.05) is 46.6 Å². The predicted octanol–water partition coefficient (Wildman–Crippen LogP) is 5.76. The van der Waals surface area contributed by atoms with E-state index in [1.54, 1.807) is 11.3 Å². The molecule has 4 aromatic rings. The smallest absolute Gasteiger partial charge is 0.167 e. The molecule has 0 radical (unpaired) electrons. The standard InChI is InChI=1S/C28H24N2O2S/c31-26(13-19-5-7-23(8-6-19)30-9-11-32-12-10-30)21-14-22-17-29-18-25(22)24(15-21)28-16-20-3-1-2-4-27(20)33-28/h1-8,14-17H,9-13,18H2. The first-order valence-corrected chi connectivity index (χ1v) is 12.2. The molecular formula is C28H24N2O2S. The fourth-order valence-electron chi connectivity index (χ4n) is 4.65. The molecule has 0 unspecified atom stereocenters. The van der Waals surface area contributed by atoms with Crippen molar-refractivity contribution in [3.63, 3.8) is 0 Å². The van der Waals surface area contributed by atoms with Crippen LogP contribution in [0, 0.1) is 0 Å². The summed E-state index contributed by atoms with van der Waals surface area (Å²) in [6, 6.07) is 23.1. The van der Waals surface area contributed by atoms with Crippen molar-refractivity contribution in [1.29, 1.82) is 0 Å². The molecule has 0 amide bonds. The zero-order valence-electron chi connectivity index (χ0n) is 18.3. The number of ether oxygens (including phenoxy) is 1. The monoisotopic (exact) mass is 452 g/mol. The Kier molecular flexibility index (Phi) is 5.29. The fraction of sp³-hybridized carbons (Fsp3) is 0.214. The normalized spacial score (nSPS) is 15.2. The van der Waals surface area contributed by atoms with E-state index in [1.165, 1.54) is 26.2 Å². The quantitative estimate of drug-likeness (QED) is 0.361. The second kappa shape index (κ2) is 8.58. The maximum absolute atomic E-state index is 13.3. The second-order valence-corrected chi connectivity index (χ2v) is 9.66. The lowest BCUT2D eigenvalue weighted by Crippen LogP contribution is -2.36. The first kappa shape index (κ1) is 20.3. The number of thiophene rings is 1. The van der Waals surface area contributed by atoms with Crippen molar-refractivity contribution in [1.82, 2.24) is 0 Å². The summed E-state index contributed by atoms with van der Waals surface area (Å²) in [7, 11) is 0. The number of aliphatic imine (C=N–C) groups is 1. The lowest BCUT2D eigenvalue weighted by atomic mass is 9.94. The molecule has 0 saturated carbocycles. The van der Waals surface area contributed by atoms with Gasteiger partial charge in [-0.3, -0.25) is 9.79 Å². The Labute approximate surface area is 197 Å². The first-order chi connectivity index (χ1) is 16.2. The minimum Gasteiger partial charge on any atom is -0.378 e. The molecule has 164 valence electrons. The van der Waals surface area contributed by atoms with Crippen molar-refractivity contribution >= 4 is 39.1 Å². The van der Waals surface area contributed by atoms with Crippen molar-refractivity contribution in [2.24, 2.45) is 4.99 Å². The van der Waals surface area contributed by atoms with Gasteiger partial charge >= 0.3 is 0 Å². The van der Waals surface area contributed by atoms with Gasteiger partial charge in [-0.2, -0.15) is 0 Å². The van der Waals surface area contributed by atoms with Gasteiger partial charge in [0.05, 0.1) is 19.8 Å². The Bertz CT molecular complexity index is 1330. The maximum Gasteiger partial charge on any atom is 0.167 e. The third-order valence-corrected chi connectivity index (χ3v) is 7.60. The van der Waals surface area contributed by atoms with Crippen molar-refractivity contribution in [3.05, 3.63) is 89.0 Å². The van der Waals surface area contributed by atoms with Crippen LogP contribution in [0.1, 0.15) is 27.0 Å². The highest BCUT2D eigenvalue weighted by Crippen LogP contribution is 2.38. The average Bonchev–Trinajstić information content (AvgIpc) is 3.51. The Morgan fingerprint density at radius 1 is 1.00 bits per heavy atom. The lowest BCUT2D eigenvalue weighted by molar-refractivity contribution is 0.0993. The van der Waals surface area contributed by atoms with E-state index in [-0.39, 0.29) is 5.78 Å². The van der Waals surface area contributed by atoms with Crippen molar-refractivity contribution in [3.8, 4) is 10.4 Å². The van der Waals surface area contributed by atoms with Crippen LogP contribution in [0.5, 0.6) is 0 Å². The van der Waals surface area contributed by atoms with Crippen LogP contribution in [-0.4, -0.2) is 38.3 Å². The molecule has 2 aliphatic rings. The van der Waals surface area contributed by atoms with Crippen LogP contribution in [0.25, 0.3) is 20.5 Å². The van der Waals surface area contributed by atoms with Crippen molar-refractivity contribution in [2.45, 2.75) is 13.0 Å². The molecule has 4 nitrogen and oxygen atoms in total. The summed E-state index contributed by atoms with van der Waals surface area (Å²) in [5.41, 5.74) is 6.40. The Hall–Kier alpha value is -3.28. The zero-order valence-corrected chi connectivity index (χ0v) is 19.1. The van der Waals surface area contributed by atoms with Gasteiger partial charge < -0.3 is 9.64 Å². The van der Waals surface area contributed by atoms with Gasteiger partial charge in [-0.05, 0) is 64.0 Å². The first-order valence-electron chi connectivity index (χ1n) is 11.4. The van der Waals surface area contributed by atoms with E-state index in [2.05, 4.69) is 70.6 Å². The number of anilines is 1. The molecule has 5 heteroatoms. The molecule has 1 saturated heterocycles. The number of carbonyl (C=O) groups is 1. The lowest BCUT2D eigenvalue weighted by Gasteiger charge is -2.28. The third-order valence-electron chi connectivity index (χ3n) is 6.45. The van der Waals surface area contributed by atoms with Gasteiger partial charge in [0.1, 0.15) is 0 Å². The largest absolute Gasteiger partial charge is 0.378 e. The summed E-state index contributed by atoms with van der Waals surface area (Å²) in [6.45, 7) is 4.04. The SMILES string of the molecule is O=C(Cc1ccc(N2CCOCC2)cc1)c1cc2c(c(-c3cc4ccccc4s3)c1)CN=C2. The van der Waals surface area contributed by atoms with Crippen LogP contribution in [-0.2, 0) is 17.7 Å². The van der Waals surface area contributed by atoms with Gasteiger partial charge in [-0.15, -0.1) is 11.3 Å². The van der Waals surface area contributed by atoms with Crippen molar-refractivity contribution < 1.29 is 9.53 Å². The Morgan fingerprint density at radius 2 is 1.82 bits per heavy atom. The minimum absolute atomic E-state index is 0.139. The van der Waals surface area contributed by atoms with Crippen LogP contribution in [0.4, 0.5) is 5.69 Å². The molecular weight excluding hydrogens is 428 g/mol. The number of ketones is 1. The summed E-state index contributed by atoms with van der Waals surface area (Å²) >= 11 is 1.78. The summed E-state index contributed by atoms with van der Waals surface area (Å²) in [4.78, 5) is 21.3. The van der Waals surface area contributed by atoms with E-state index in [1.807, 2.05) is 12.3 Å². The van der Waals surface area contributed by atoms with E-state index in [4.69, 9.17) is 4.74 Å². The molecule has 0 aliphatic carbocycles. The molecule has 1 fully saturated rings. The number of hydrogen-bond donors (Lipinski definition) is 0. The van der Waals surface area contributed by atoms with E-state index in [0.29, 0.717) is 13.0 Å². The van der Waals surface area contributed by atoms with E-state index >= 15 is 0 Å². The molecule has 3 heterocycles. The van der Waals surface area contributed by atoms with Gasteiger partial charge in [0.15, 0.2) is 5.78 Å². The molecule has 0 atom stereocenters. The van der Waals surface area contributed by atoms with Crippen LogP contribution in [0.15, 0.2) is 71.7 Å². The second-order valence-electron chi connectivity index (χ2n) is 8.58. The molecule has 0 bridgehead atoms. The Morgan fingerprint density at radius 3 is 2.64 bits per heavy atom. The zero-order chi connectivity index (χ0) is 22.2. The summed E-state index contributed by atoms with van der Waals surface area (Å²) in [5, 5.41) is 1.24. The van der Waals surface area contributed by atoms with Gasteiger partial charge in [-0.1, -0.05) is 30.3 Å². The number of nitrogens with zero attached hydrogens (tertiary/aromatic N) is 2. The van der Waals surface area contributed by atoms with Crippen LogP contribution >= 0.6 is 11.3 Å². The topological polar surface area (TPSA) is 41.9 Å². The molecule has 1 aromatic heterocycles. The molecule has 0 N–H and O–H groups in total. The van der Waals surface area contributed by atoms with Gasteiger partial charge in [-0.25, -0.2) is 0 Å². The fourth-order valence-corrected chi connectivity index (χ4v) is 5.76. The maximum atomic E-state index is 13.3. The van der Waals surface area contributed by atoms with E-state index < -0.39 is 0 Å². The summed E-state index contributed by atoms with van der Waals surface area (Å²) < 4.78 is 6.70. The van der Waals surface area contributed by atoms with Crippen LogP contribution < -0.4 is 4.90 Å². The van der Waals surface area contributed by atoms with Crippen LogP contribution in [0.3, 0.4) is 0 Å². The third kappa shape index (κ3) is 3.99. The predicted molar refractivity (Wildman–Crippen MR) is 136 cm³/mol. The molecule has 6 rings (SSSR count). The number of hydrogen-bond acceptors (Lipinski definition) is 5. The van der Waals surface area contributed by atoms with Crippen LogP contribution in [0.2, 0.25) is 0 Å². The highest BCUT2D eigenvalue weighted by Gasteiger charge is 2.19. The number of fused-ring (bicyclic) bond motifs is 2. The summed E-state index contributed by atoms with van der Waals surface area (Å²) in [5.74, 6) is 0.139. The molecule has 0 spiro atoms. The number of morpholine rings is 1. The summed E-state index contributed by atoms with van der Waals surface area (Å²) in [6.07, 6.45) is 2.30. The van der Waals surface area contributed by atoms with Gasteiger partial charge in [0.25, 0.3) is 0 Å². The van der Waals surface area contributed by atoms with Gasteiger partial charge in [0.2, 0.25) is 0 Å². The number of benzene rings is 3. The molecule has 3 aromatic carbocycles. The molecule has 33 heavy (non-hydrogen) atoms. The minimum atomic E-state index is 0.139.